The van der Waals surface area contributed by atoms with Crippen LogP contribution in [0.3, 0.4) is 0 Å². The average molecular weight is 391 g/mol. The van der Waals surface area contributed by atoms with Gasteiger partial charge in [0.05, 0.1) is 11.4 Å². The van der Waals surface area contributed by atoms with E-state index in [-0.39, 0.29) is 0 Å². The standard InChI is InChI=1S/C22H25N5O2/c1-15(27-29-5)19-8-6-16(10-25-19)17-7-9-20(26-11-17)22(28,21(2,3)4)18-12-23-14-24-13-18/h6-14,28H,1-5H3/b27-15+. The summed E-state index contributed by atoms with van der Waals surface area (Å²) in [5, 5.41) is 15.5. The number of pyridine rings is 2. The van der Waals surface area contributed by atoms with Crippen LogP contribution in [0.15, 0.2) is 60.5 Å². The molecule has 0 aliphatic heterocycles. The molecule has 7 nitrogen and oxygen atoms in total. The molecule has 150 valence electrons. The summed E-state index contributed by atoms with van der Waals surface area (Å²) in [4.78, 5) is 21.9. The van der Waals surface area contributed by atoms with Gasteiger partial charge in [-0.05, 0) is 19.1 Å². The van der Waals surface area contributed by atoms with Crippen molar-refractivity contribution in [2.45, 2.75) is 33.3 Å². The molecule has 0 aromatic carbocycles. The Hall–Kier alpha value is -3.19. The molecule has 1 unspecified atom stereocenters. The molecule has 7 heteroatoms. The van der Waals surface area contributed by atoms with Crippen LogP contribution in [0.25, 0.3) is 11.1 Å². The first-order valence-corrected chi connectivity index (χ1v) is 9.26. The van der Waals surface area contributed by atoms with Crippen molar-refractivity contribution in [2.24, 2.45) is 10.6 Å². The summed E-state index contributed by atoms with van der Waals surface area (Å²) in [7, 11) is 1.51. The van der Waals surface area contributed by atoms with Gasteiger partial charge in [-0.2, -0.15) is 0 Å². The number of oxime groups is 1. The molecule has 1 atom stereocenters. The van der Waals surface area contributed by atoms with E-state index < -0.39 is 11.0 Å². The number of rotatable bonds is 5. The van der Waals surface area contributed by atoms with Gasteiger partial charge in [0.2, 0.25) is 0 Å². The monoisotopic (exact) mass is 391 g/mol. The molecule has 3 heterocycles. The normalized spacial score (nSPS) is 14.3. The van der Waals surface area contributed by atoms with Crippen LogP contribution in [0.1, 0.15) is 44.6 Å². The lowest BCUT2D eigenvalue weighted by Crippen LogP contribution is -2.42. The summed E-state index contributed by atoms with van der Waals surface area (Å²) >= 11 is 0. The molecule has 0 aliphatic carbocycles. The number of nitrogens with zero attached hydrogens (tertiary/aromatic N) is 5. The van der Waals surface area contributed by atoms with E-state index in [1.165, 1.54) is 13.4 Å². The maximum absolute atomic E-state index is 11.6. The minimum Gasteiger partial charge on any atom is -0.399 e. The number of hydrogen-bond donors (Lipinski definition) is 1. The zero-order valence-electron chi connectivity index (χ0n) is 17.3. The quantitative estimate of drug-likeness (QED) is 0.528. The van der Waals surface area contributed by atoms with Gasteiger partial charge >= 0.3 is 0 Å². The summed E-state index contributed by atoms with van der Waals surface area (Å²) in [5.74, 6) is 0. The summed E-state index contributed by atoms with van der Waals surface area (Å²) < 4.78 is 0. The van der Waals surface area contributed by atoms with E-state index in [1.54, 1.807) is 24.8 Å². The fraction of sp³-hybridized carbons (Fsp3) is 0.318. The zero-order chi connectivity index (χ0) is 21.1. The van der Waals surface area contributed by atoms with Crippen molar-refractivity contribution in [2.75, 3.05) is 7.11 Å². The molecule has 0 saturated heterocycles. The second-order valence-corrected chi connectivity index (χ2v) is 7.81. The van der Waals surface area contributed by atoms with E-state index in [1.807, 2.05) is 52.0 Å². The van der Waals surface area contributed by atoms with Gasteiger partial charge in [0.15, 0.2) is 0 Å². The van der Waals surface area contributed by atoms with Crippen molar-refractivity contribution in [1.29, 1.82) is 0 Å². The second kappa shape index (κ2) is 8.05. The average Bonchev–Trinajstić information content (AvgIpc) is 2.73. The van der Waals surface area contributed by atoms with Crippen LogP contribution in [0.5, 0.6) is 0 Å². The summed E-state index contributed by atoms with van der Waals surface area (Å²) in [6.45, 7) is 7.72. The molecule has 29 heavy (non-hydrogen) atoms. The van der Waals surface area contributed by atoms with Gasteiger partial charge in [-0.1, -0.05) is 38.1 Å². The molecule has 0 fully saturated rings. The van der Waals surface area contributed by atoms with Crippen molar-refractivity contribution in [3.8, 4) is 11.1 Å². The van der Waals surface area contributed by atoms with E-state index in [2.05, 4.69) is 25.1 Å². The lowest BCUT2D eigenvalue weighted by Gasteiger charge is -2.39. The Labute approximate surface area is 170 Å². The van der Waals surface area contributed by atoms with Crippen molar-refractivity contribution in [3.63, 3.8) is 0 Å². The molecule has 3 aromatic rings. The second-order valence-electron chi connectivity index (χ2n) is 7.81. The fourth-order valence-corrected chi connectivity index (χ4v) is 3.19. The van der Waals surface area contributed by atoms with E-state index in [4.69, 9.17) is 4.84 Å². The van der Waals surface area contributed by atoms with Gasteiger partial charge in [-0.3, -0.25) is 9.97 Å². The van der Waals surface area contributed by atoms with Crippen LogP contribution in [0.4, 0.5) is 0 Å². The van der Waals surface area contributed by atoms with Crippen LogP contribution in [-0.4, -0.2) is 37.9 Å². The van der Waals surface area contributed by atoms with Gasteiger partial charge in [0, 0.05) is 46.9 Å². The van der Waals surface area contributed by atoms with Gasteiger partial charge in [-0.15, -0.1) is 0 Å². The first-order valence-electron chi connectivity index (χ1n) is 9.26. The molecule has 0 radical (unpaired) electrons. The topological polar surface area (TPSA) is 93.4 Å². The van der Waals surface area contributed by atoms with Crippen molar-refractivity contribution in [3.05, 3.63) is 72.3 Å². The molecular weight excluding hydrogens is 366 g/mol. The Kier molecular flexibility index (Phi) is 5.70. The van der Waals surface area contributed by atoms with Gasteiger partial charge < -0.3 is 9.94 Å². The Morgan fingerprint density at radius 1 is 0.931 bits per heavy atom. The molecule has 1 N–H and O–H groups in total. The summed E-state index contributed by atoms with van der Waals surface area (Å²) in [5.41, 5.74) is 2.55. The Morgan fingerprint density at radius 3 is 2.03 bits per heavy atom. The first kappa shape index (κ1) is 20.5. The van der Waals surface area contributed by atoms with E-state index in [9.17, 15) is 5.11 Å². The van der Waals surface area contributed by atoms with E-state index in [0.717, 1.165) is 16.8 Å². The first-order chi connectivity index (χ1) is 13.8. The smallest absolute Gasteiger partial charge is 0.139 e. The third-order valence-electron chi connectivity index (χ3n) is 4.89. The highest BCUT2D eigenvalue weighted by atomic mass is 16.6. The Morgan fingerprint density at radius 2 is 1.55 bits per heavy atom. The van der Waals surface area contributed by atoms with Crippen molar-refractivity contribution in [1.82, 2.24) is 19.9 Å². The molecule has 0 amide bonds. The molecule has 3 rings (SSSR count). The molecule has 3 aromatic heterocycles. The third-order valence-corrected chi connectivity index (χ3v) is 4.89. The minimum absolute atomic E-state index is 0.520. The van der Waals surface area contributed by atoms with Crippen LogP contribution in [-0.2, 0) is 10.4 Å². The highest BCUT2D eigenvalue weighted by Crippen LogP contribution is 2.43. The predicted molar refractivity (Wildman–Crippen MR) is 111 cm³/mol. The van der Waals surface area contributed by atoms with Crippen LogP contribution < -0.4 is 0 Å². The highest BCUT2D eigenvalue weighted by molar-refractivity contribution is 5.96. The molecule has 0 bridgehead atoms. The largest absolute Gasteiger partial charge is 0.399 e. The van der Waals surface area contributed by atoms with Crippen LogP contribution in [0, 0.1) is 5.41 Å². The maximum Gasteiger partial charge on any atom is 0.139 e. The SMILES string of the molecule is CO/N=C(\C)c1ccc(-c2ccc(C(O)(c3cncnc3)C(C)(C)C)nc2)cn1. The molecule has 0 spiro atoms. The molecule has 0 saturated carbocycles. The number of aromatic nitrogens is 4. The van der Waals surface area contributed by atoms with Gasteiger partial charge in [0.25, 0.3) is 0 Å². The summed E-state index contributed by atoms with van der Waals surface area (Å²) in [6, 6.07) is 7.59. The predicted octanol–water partition coefficient (Wildman–Crippen LogP) is 3.59. The summed E-state index contributed by atoms with van der Waals surface area (Å²) in [6.07, 6.45) is 8.20. The van der Waals surface area contributed by atoms with Crippen molar-refractivity contribution < 1.29 is 9.94 Å². The molecule has 0 aliphatic rings. The van der Waals surface area contributed by atoms with Crippen LogP contribution in [0.2, 0.25) is 0 Å². The fourth-order valence-electron chi connectivity index (χ4n) is 3.19. The van der Waals surface area contributed by atoms with Crippen molar-refractivity contribution >= 4 is 5.71 Å². The number of hydrogen-bond acceptors (Lipinski definition) is 7. The minimum atomic E-state index is -1.33. The van der Waals surface area contributed by atoms with Gasteiger partial charge in [0.1, 0.15) is 24.7 Å². The van der Waals surface area contributed by atoms with Gasteiger partial charge in [-0.25, -0.2) is 9.97 Å². The van der Waals surface area contributed by atoms with E-state index in [0.29, 0.717) is 17.0 Å². The number of aliphatic hydroxyl groups is 1. The maximum atomic E-state index is 11.6. The van der Waals surface area contributed by atoms with E-state index >= 15 is 0 Å². The lowest BCUT2D eigenvalue weighted by molar-refractivity contribution is -0.0301. The third kappa shape index (κ3) is 4.00. The molecular formula is C22H25N5O2. The Balaban J connectivity index is 1.96. The Bertz CT molecular complexity index is 980. The highest BCUT2D eigenvalue weighted by Gasteiger charge is 2.45. The lowest BCUT2D eigenvalue weighted by atomic mass is 9.71. The zero-order valence-corrected chi connectivity index (χ0v) is 17.3. The van der Waals surface area contributed by atoms with Crippen LogP contribution >= 0.6 is 0 Å².